The molecule has 1 aliphatic heterocycles. The second-order valence-electron chi connectivity index (χ2n) is 6.49. The molecule has 0 N–H and O–H groups in total. The summed E-state index contributed by atoms with van der Waals surface area (Å²) in [5, 5.41) is 9.39. The Bertz CT molecular complexity index is 848. The number of hydrogen-bond acceptors (Lipinski definition) is 4. The Morgan fingerprint density at radius 1 is 1.07 bits per heavy atom. The van der Waals surface area contributed by atoms with Crippen LogP contribution in [0.3, 0.4) is 0 Å². The summed E-state index contributed by atoms with van der Waals surface area (Å²) < 4.78 is 5.39. The van der Waals surface area contributed by atoms with Crippen LogP contribution in [0.25, 0.3) is 0 Å². The number of likely N-dealkylation sites (tertiary alicyclic amines) is 1. The van der Waals surface area contributed by atoms with Gasteiger partial charge in [0.15, 0.2) is 0 Å². The molecule has 1 heterocycles. The lowest BCUT2D eigenvalue weighted by atomic mass is 9.96. The normalized spacial score (nSPS) is 14.4. The van der Waals surface area contributed by atoms with E-state index in [0.717, 1.165) is 5.56 Å². The van der Waals surface area contributed by atoms with Crippen LogP contribution in [0, 0.1) is 17.2 Å². The summed E-state index contributed by atoms with van der Waals surface area (Å²) in [6, 6.07) is 15.8. The maximum atomic E-state index is 12.5. The first-order valence-electron chi connectivity index (χ1n) is 8.77. The van der Waals surface area contributed by atoms with E-state index in [1.807, 2.05) is 0 Å². The van der Waals surface area contributed by atoms with Crippen molar-refractivity contribution in [3.8, 4) is 6.07 Å². The summed E-state index contributed by atoms with van der Waals surface area (Å²) in [5.74, 6) is -0.480. The third kappa shape index (κ3) is 4.87. The van der Waals surface area contributed by atoms with Gasteiger partial charge in [-0.3, -0.25) is 9.59 Å². The summed E-state index contributed by atoms with van der Waals surface area (Å²) in [4.78, 5) is 26.5. The molecule has 1 amide bonds. The van der Waals surface area contributed by atoms with Gasteiger partial charge in [-0.25, -0.2) is 0 Å². The van der Waals surface area contributed by atoms with E-state index >= 15 is 0 Å². The molecule has 1 fully saturated rings. The number of esters is 1. The van der Waals surface area contributed by atoms with Gasteiger partial charge in [-0.1, -0.05) is 23.7 Å². The summed E-state index contributed by atoms with van der Waals surface area (Å²) in [6.07, 6.45) is 1.18. The topological polar surface area (TPSA) is 70.4 Å². The van der Waals surface area contributed by atoms with Gasteiger partial charge < -0.3 is 9.64 Å². The minimum absolute atomic E-state index is 0.0453. The Hall–Kier alpha value is -2.84. The molecule has 0 aliphatic carbocycles. The average molecular weight is 383 g/mol. The average Bonchev–Trinajstić information content (AvgIpc) is 2.72. The van der Waals surface area contributed by atoms with Gasteiger partial charge in [-0.05, 0) is 54.8 Å². The first kappa shape index (κ1) is 18.9. The van der Waals surface area contributed by atoms with Gasteiger partial charge in [0, 0.05) is 23.7 Å². The molecule has 2 aromatic carbocycles. The van der Waals surface area contributed by atoms with Crippen LogP contribution in [0.1, 0.15) is 34.3 Å². The van der Waals surface area contributed by atoms with Crippen LogP contribution in [-0.2, 0) is 16.1 Å². The highest BCUT2D eigenvalue weighted by atomic mass is 35.5. The Morgan fingerprint density at radius 3 is 2.30 bits per heavy atom. The molecule has 0 radical (unpaired) electrons. The van der Waals surface area contributed by atoms with Crippen molar-refractivity contribution < 1.29 is 14.3 Å². The van der Waals surface area contributed by atoms with Gasteiger partial charge in [-0.15, -0.1) is 0 Å². The van der Waals surface area contributed by atoms with Crippen LogP contribution >= 0.6 is 11.6 Å². The first-order chi connectivity index (χ1) is 13.1. The SMILES string of the molecule is N#Cc1ccc(COC(=O)C2CCN(C(=O)c3ccc(Cl)cc3)CC2)cc1. The van der Waals surface area contributed by atoms with Crippen LogP contribution < -0.4 is 0 Å². The van der Waals surface area contributed by atoms with Crippen molar-refractivity contribution in [2.45, 2.75) is 19.4 Å². The molecule has 0 spiro atoms. The molecular formula is C21H19ClN2O3. The third-order valence-corrected chi connectivity index (χ3v) is 4.92. The number of halogens is 1. The molecule has 0 saturated carbocycles. The lowest BCUT2D eigenvalue weighted by Gasteiger charge is -2.31. The van der Waals surface area contributed by atoms with Crippen molar-refractivity contribution in [3.63, 3.8) is 0 Å². The van der Waals surface area contributed by atoms with E-state index in [4.69, 9.17) is 21.6 Å². The van der Waals surface area contributed by atoms with E-state index in [1.165, 1.54) is 0 Å². The van der Waals surface area contributed by atoms with Crippen LogP contribution in [0.5, 0.6) is 0 Å². The fraction of sp³-hybridized carbons (Fsp3) is 0.286. The highest BCUT2D eigenvalue weighted by Gasteiger charge is 2.28. The number of nitrogens with zero attached hydrogens (tertiary/aromatic N) is 2. The molecule has 0 unspecified atom stereocenters. The zero-order valence-electron chi connectivity index (χ0n) is 14.7. The van der Waals surface area contributed by atoms with E-state index in [0.29, 0.717) is 42.1 Å². The van der Waals surface area contributed by atoms with Crippen molar-refractivity contribution in [1.29, 1.82) is 5.26 Å². The predicted molar refractivity (Wildman–Crippen MR) is 101 cm³/mol. The second kappa shape index (κ2) is 8.70. The zero-order chi connectivity index (χ0) is 19.2. The number of carbonyl (C=O) groups is 2. The summed E-state index contributed by atoms with van der Waals surface area (Å²) >= 11 is 5.85. The fourth-order valence-electron chi connectivity index (χ4n) is 3.04. The quantitative estimate of drug-likeness (QED) is 0.754. The Labute approximate surface area is 163 Å². The first-order valence-corrected chi connectivity index (χ1v) is 9.15. The molecule has 0 bridgehead atoms. The number of hydrogen-bond donors (Lipinski definition) is 0. The van der Waals surface area contributed by atoms with Crippen LogP contribution in [0.4, 0.5) is 0 Å². The molecule has 1 saturated heterocycles. The summed E-state index contributed by atoms with van der Waals surface area (Å²) in [6.45, 7) is 1.24. The van der Waals surface area contributed by atoms with Gasteiger partial charge >= 0.3 is 5.97 Å². The molecule has 138 valence electrons. The highest BCUT2D eigenvalue weighted by molar-refractivity contribution is 6.30. The minimum atomic E-state index is -0.238. The van der Waals surface area contributed by atoms with E-state index in [2.05, 4.69) is 6.07 Å². The van der Waals surface area contributed by atoms with Crippen LogP contribution in [-0.4, -0.2) is 29.9 Å². The lowest BCUT2D eigenvalue weighted by Crippen LogP contribution is -2.40. The Morgan fingerprint density at radius 2 is 1.70 bits per heavy atom. The maximum absolute atomic E-state index is 12.5. The van der Waals surface area contributed by atoms with E-state index < -0.39 is 0 Å². The number of rotatable bonds is 4. The van der Waals surface area contributed by atoms with Gasteiger partial charge in [0.2, 0.25) is 0 Å². The second-order valence-corrected chi connectivity index (χ2v) is 6.93. The molecule has 0 aromatic heterocycles. The van der Waals surface area contributed by atoms with Crippen molar-refractivity contribution in [2.24, 2.45) is 5.92 Å². The number of nitriles is 1. The number of carbonyl (C=O) groups excluding carboxylic acids is 2. The molecule has 1 aliphatic rings. The number of benzene rings is 2. The van der Waals surface area contributed by atoms with Crippen molar-refractivity contribution in [2.75, 3.05) is 13.1 Å². The molecule has 2 aromatic rings. The monoisotopic (exact) mass is 382 g/mol. The van der Waals surface area contributed by atoms with Gasteiger partial charge in [-0.2, -0.15) is 5.26 Å². The molecule has 3 rings (SSSR count). The molecular weight excluding hydrogens is 364 g/mol. The van der Waals surface area contributed by atoms with E-state index in [-0.39, 0.29) is 24.4 Å². The van der Waals surface area contributed by atoms with Gasteiger partial charge in [0.05, 0.1) is 17.6 Å². The minimum Gasteiger partial charge on any atom is -0.461 e. The Kier molecular flexibility index (Phi) is 6.10. The van der Waals surface area contributed by atoms with E-state index in [1.54, 1.807) is 53.4 Å². The van der Waals surface area contributed by atoms with Crippen molar-refractivity contribution in [1.82, 2.24) is 4.90 Å². The molecule has 0 atom stereocenters. The third-order valence-electron chi connectivity index (χ3n) is 4.67. The number of piperidine rings is 1. The summed E-state index contributed by atoms with van der Waals surface area (Å²) in [7, 11) is 0. The predicted octanol–water partition coefficient (Wildman–Crippen LogP) is 3.81. The van der Waals surface area contributed by atoms with Crippen molar-refractivity contribution >= 4 is 23.5 Å². The zero-order valence-corrected chi connectivity index (χ0v) is 15.5. The van der Waals surface area contributed by atoms with Crippen LogP contribution in [0.15, 0.2) is 48.5 Å². The standard InChI is InChI=1S/C21H19ClN2O3/c22-19-7-5-17(6-8-19)20(25)24-11-9-18(10-12-24)21(26)27-14-16-3-1-15(13-23)2-4-16/h1-8,18H,9-12,14H2. The number of amides is 1. The fourth-order valence-corrected chi connectivity index (χ4v) is 3.17. The summed E-state index contributed by atoms with van der Waals surface area (Å²) in [5.41, 5.74) is 2.02. The largest absolute Gasteiger partial charge is 0.461 e. The molecule has 5 nitrogen and oxygen atoms in total. The maximum Gasteiger partial charge on any atom is 0.309 e. The van der Waals surface area contributed by atoms with E-state index in [9.17, 15) is 9.59 Å². The molecule has 27 heavy (non-hydrogen) atoms. The van der Waals surface area contributed by atoms with Crippen molar-refractivity contribution in [3.05, 3.63) is 70.2 Å². The van der Waals surface area contributed by atoms with Gasteiger partial charge in [0.25, 0.3) is 5.91 Å². The lowest BCUT2D eigenvalue weighted by molar-refractivity contribution is -0.151. The smallest absolute Gasteiger partial charge is 0.309 e. The number of ether oxygens (including phenoxy) is 1. The Balaban J connectivity index is 1.48. The van der Waals surface area contributed by atoms with Gasteiger partial charge in [0.1, 0.15) is 6.61 Å². The van der Waals surface area contributed by atoms with Crippen LogP contribution in [0.2, 0.25) is 5.02 Å². The molecule has 6 heteroatoms. The highest BCUT2D eigenvalue weighted by Crippen LogP contribution is 2.21.